The van der Waals surface area contributed by atoms with Crippen molar-refractivity contribution in [1.29, 1.82) is 5.26 Å². The van der Waals surface area contributed by atoms with Crippen LogP contribution in [0.2, 0.25) is 5.02 Å². The maximum absolute atomic E-state index is 14.1. The molecule has 1 heterocycles. The highest BCUT2D eigenvalue weighted by Gasteiger charge is 2.40. The lowest BCUT2D eigenvalue weighted by Gasteiger charge is -2.18. The first-order valence-electron chi connectivity index (χ1n) is 8.43. The smallest absolute Gasteiger partial charge is 0.417 e. The molecule has 1 aliphatic carbocycles. The van der Waals surface area contributed by atoms with Crippen molar-refractivity contribution >= 4 is 23.3 Å². The zero-order valence-corrected chi connectivity index (χ0v) is 15.5. The van der Waals surface area contributed by atoms with Gasteiger partial charge in [-0.3, -0.25) is 0 Å². The van der Waals surface area contributed by atoms with Crippen molar-refractivity contribution in [2.75, 3.05) is 0 Å². The Morgan fingerprint density at radius 2 is 1.87 bits per heavy atom. The molecular formula is C21H10ClF4NO3. The largest absolute Gasteiger partial charge is 0.508 e. The zero-order chi connectivity index (χ0) is 21.8. The number of alkyl halides is 3. The van der Waals surface area contributed by atoms with Crippen molar-refractivity contribution < 1.29 is 32.2 Å². The molecule has 0 radical (unpaired) electrons. The van der Waals surface area contributed by atoms with E-state index in [-0.39, 0.29) is 38.6 Å². The molecule has 30 heavy (non-hydrogen) atoms. The number of fused-ring (bicyclic) bond motifs is 1. The predicted octanol–water partition coefficient (Wildman–Crippen LogP) is 6.06. The fourth-order valence-corrected chi connectivity index (χ4v) is 3.81. The maximum Gasteiger partial charge on any atom is 0.417 e. The van der Waals surface area contributed by atoms with E-state index in [1.807, 2.05) is 6.07 Å². The Balaban J connectivity index is 2.04. The van der Waals surface area contributed by atoms with Crippen LogP contribution in [0.15, 0.2) is 41.0 Å². The molecule has 1 atom stereocenters. The van der Waals surface area contributed by atoms with Crippen molar-refractivity contribution in [3.8, 4) is 17.6 Å². The van der Waals surface area contributed by atoms with Gasteiger partial charge in [-0.1, -0.05) is 11.6 Å². The van der Waals surface area contributed by atoms with Crippen molar-refractivity contribution in [3.63, 3.8) is 0 Å². The van der Waals surface area contributed by atoms with Crippen molar-refractivity contribution in [1.82, 2.24) is 0 Å². The summed E-state index contributed by atoms with van der Waals surface area (Å²) in [6, 6.07) is 7.11. The van der Waals surface area contributed by atoms with Gasteiger partial charge >= 0.3 is 6.18 Å². The number of rotatable bonds is 2. The number of nitrogens with zero attached hydrogens (tertiary/aromatic N) is 1. The molecule has 0 fully saturated rings. The average molecular weight is 436 g/mol. The van der Waals surface area contributed by atoms with Gasteiger partial charge in [0.25, 0.3) is 0 Å². The zero-order valence-electron chi connectivity index (χ0n) is 14.8. The Morgan fingerprint density at radius 3 is 2.50 bits per heavy atom. The van der Waals surface area contributed by atoms with E-state index in [1.54, 1.807) is 0 Å². The minimum atomic E-state index is -4.78. The Kier molecular flexibility index (Phi) is 4.51. The second-order valence-corrected chi connectivity index (χ2v) is 7.03. The maximum atomic E-state index is 14.1. The van der Waals surface area contributed by atoms with E-state index in [2.05, 4.69) is 0 Å². The van der Waals surface area contributed by atoms with Crippen LogP contribution in [-0.2, 0) is 6.18 Å². The summed E-state index contributed by atoms with van der Waals surface area (Å²) in [6.45, 7) is 0. The third kappa shape index (κ3) is 3.08. The first-order chi connectivity index (χ1) is 14.1. The van der Waals surface area contributed by atoms with Crippen LogP contribution in [0.5, 0.6) is 11.5 Å². The number of nitriles is 1. The highest BCUT2D eigenvalue weighted by molar-refractivity contribution is 6.32. The minimum absolute atomic E-state index is 0.0332. The summed E-state index contributed by atoms with van der Waals surface area (Å²) in [5.41, 5.74) is -0.981. The summed E-state index contributed by atoms with van der Waals surface area (Å²) in [6.07, 6.45) is -2.38. The monoisotopic (exact) mass is 435 g/mol. The third-order valence-electron chi connectivity index (χ3n) is 4.85. The van der Waals surface area contributed by atoms with Crippen LogP contribution < -0.4 is 0 Å². The average Bonchev–Trinajstić information content (AvgIpc) is 3.27. The Hall–Kier alpha value is -3.44. The van der Waals surface area contributed by atoms with Crippen molar-refractivity contribution in [3.05, 3.63) is 81.0 Å². The first-order valence-corrected chi connectivity index (χ1v) is 8.81. The van der Waals surface area contributed by atoms with Gasteiger partial charge in [0.2, 0.25) is 0 Å². The SMILES string of the molecule is N#Cc1ccoc1C1C(c2cc(F)c(O)c(Cl)c2)=Cc2c1cc(O)cc2C(F)(F)F. The Bertz CT molecular complexity index is 1230. The molecule has 3 aromatic rings. The molecule has 0 spiro atoms. The lowest BCUT2D eigenvalue weighted by atomic mass is 9.87. The molecule has 2 N–H and O–H groups in total. The van der Waals surface area contributed by atoms with Gasteiger partial charge < -0.3 is 14.6 Å². The van der Waals surface area contributed by atoms with Crippen LogP contribution in [0.3, 0.4) is 0 Å². The van der Waals surface area contributed by atoms with Crippen LogP contribution >= 0.6 is 11.6 Å². The van der Waals surface area contributed by atoms with Gasteiger partial charge in [0.1, 0.15) is 17.6 Å². The van der Waals surface area contributed by atoms with E-state index in [1.165, 1.54) is 24.5 Å². The third-order valence-corrected chi connectivity index (χ3v) is 5.14. The molecule has 0 saturated heterocycles. The van der Waals surface area contributed by atoms with Gasteiger partial charge in [0, 0.05) is 0 Å². The molecule has 4 nitrogen and oxygen atoms in total. The van der Waals surface area contributed by atoms with E-state index < -0.39 is 35.0 Å². The molecule has 9 heteroatoms. The quantitative estimate of drug-likeness (QED) is 0.480. The van der Waals surface area contributed by atoms with E-state index >= 15 is 0 Å². The lowest BCUT2D eigenvalue weighted by Crippen LogP contribution is -2.09. The van der Waals surface area contributed by atoms with Crippen LogP contribution in [-0.4, -0.2) is 10.2 Å². The number of phenolic OH excluding ortho intramolecular Hbond substituents is 2. The second-order valence-electron chi connectivity index (χ2n) is 6.63. The van der Waals surface area contributed by atoms with Gasteiger partial charge in [-0.05, 0) is 58.7 Å². The van der Waals surface area contributed by atoms with Crippen LogP contribution in [0.4, 0.5) is 17.6 Å². The molecule has 152 valence electrons. The summed E-state index contributed by atoms with van der Waals surface area (Å²) in [4.78, 5) is 0. The predicted molar refractivity (Wildman–Crippen MR) is 99.3 cm³/mol. The van der Waals surface area contributed by atoms with E-state index in [0.29, 0.717) is 6.07 Å². The molecule has 4 rings (SSSR count). The van der Waals surface area contributed by atoms with Gasteiger partial charge in [0.15, 0.2) is 11.6 Å². The highest BCUT2D eigenvalue weighted by atomic mass is 35.5. The molecule has 1 unspecified atom stereocenters. The van der Waals surface area contributed by atoms with Crippen LogP contribution in [0.1, 0.15) is 39.5 Å². The number of hydrogen-bond acceptors (Lipinski definition) is 4. The number of hydrogen-bond donors (Lipinski definition) is 2. The van der Waals surface area contributed by atoms with Gasteiger partial charge in [-0.15, -0.1) is 0 Å². The van der Waals surface area contributed by atoms with E-state index in [9.17, 15) is 33.0 Å². The van der Waals surface area contributed by atoms with Crippen molar-refractivity contribution in [2.24, 2.45) is 0 Å². The number of furan rings is 1. The summed E-state index contributed by atoms with van der Waals surface area (Å²) in [5, 5.41) is 28.6. The molecule has 0 saturated carbocycles. The molecule has 0 bridgehead atoms. The summed E-state index contributed by atoms with van der Waals surface area (Å²) in [7, 11) is 0. The van der Waals surface area contributed by atoms with Gasteiger partial charge in [-0.2, -0.15) is 18.4 Å². The number of benzene rings is 2. The van der Waals surface area contributed by atoms with Gasteiger partial charge in [-0.25, -0.2) is 4.39 Å². The van der Waals surface area contributed by atoms with Crippen molar-refractivity contribution in [2.45, 2.75) is 12.1 Å². The number of phenols is 2. The Morgan fingerprint density at radius 1 is 1.13 bits per heavy atom. The fourth-order valence-electron chi connectivity index (χ4n) is 3.60. The fraction of sp³-hybridized carbons (Fsp3) is 0.0952. The summed E-state index contributed by atoms with van der Waals surface area (Å²) < 4.78 is 60.4. The highest BCUT2D eigenvalue weighted by Crippen LogP contribution is 2.52. The topological polar surface area (TPSA) is 77.4 Å². The van der Waals surface area contributed by atoms with Crippen LogP contribution in [0.25, 0.3) is 11.6 Å². The summed E-state index contributed by atoms with van der Waals surface area (Å²) >= 11 is 5.86. The van der Waals surface area contributed by atoms with E-state index in [0.717, 1.165) is 12.1 Å². The number of allylic oxidation sites excluding steroid dienone is 1. The summed E-state index contributed by atoms with van der Waals surface area (Å²) in [5.74, 6) is -3.49. The minimum Gasteiger partial charge on any atom is -0.508 e. The molecule has 1 aliphatic rings. The molecular weight excluding hydrogens is 426 g/mol. The molecule has 0 amide bonds. The second kappa shape index (κ2) is 6.82. The van der Waals surface area contributed by atoms with Gasteiger partial charge in [0.05, 0.1) is 28.3 Å². The normalized spacial score (nSPS) is 15.6. The standard InChI is InChI=1S/C21H10ClF4NO3/c22-16-3-10(4-17(23)19(16)29)12-7-13-14(5-11(28)6-15(13)21(24,25)26)18(12)20-9(8-27)1-2-30-20/h1-7,18,28-29H. The number of aromatic hydroxyl groups is 2. The lowest BCUT2D eigenvalue weighted by molar-refractivity contribution is -0.137. The van der Waals surface area contributed by atoms with E-state index in [4.69, 9.17) is 16.0 Å². The first kappa shape index (κ1) is 19.9. The number of halogens is 5. The van der Waals surface area contributed by atoms with Crippen LogP contribution in [0, 0.1) is 17.1 Å². The molecule has 2 aromatic carbocycles. The molecule has 0 aliphatic heterocycles. The molecule has 1 aromatic heterocycles. The Labute approximate surface area is 171 Å².